The Balaban J connectivity index is 1.80. The van der Waals surface area contributed by atoms with Crippen LogP contribution in [0, 0.1) is 5.82 Å². The molecular weight excluding hydrogens is 481 g/mol. The fourth-order valence-corrected chi connectivity index (χ4v) is 4.77. The number of ketones is 1. The summed E-state index contributed by atoms with van der Waals surface area (Å²) in [6.45, 7) is 6.66. The lowest BCUT2D eigenvalue weighted by molar-refractivity contribution is 0.106. The second kappa shape index (κ2) is 10.1. The van der Waals surface area contributed by atoms with E-state index in [0.717, 1.165) is 11.1 Å². The summed E-state index contributed by atoms with van der Waals surface area (Å²) < 4.78 is 15.9. The van der Waals surface area contributed by atoms with Crippen LogP contribution in [0.3, 0.4) is 0 Å². The number of benzene rings is 3. The first-order valence-electron chi connectivity index (χ1n) is 11.2. The monoisotopic (exact) mass is 505 g/mol. The van der Waals surface area contributed by atoms with Gasteiger partial charge in [-0.05, 0) is 52.4 Å². The molecule has 0 saturated heterocycles. The van der Waals surface area contributed by atoms with Gasteiger partial charge >= 0.3 is 0 Å². The Labute approximate surface area is 212 Å². The molecule has 0 aliphatic heterocycles. The van der Waals surface area contributed by atoms with Gasteiger partial charge in [-0.2, -0.15) is 0 Å². The van der Waals surface area contributed by atoms with E-state index in [-0.39, 0.29) is 22.6 Å². The van der Waals surface area contributed by atoms with Gasteiger partial charge in [-0.3, -0.25) is 14.2 Å². The average Bonchev–Trinajstić information content (AvgIpc) is 3.10. The molecular formula is C29H25ClFNO2S. The molecule has 3 aromatic carbocycles. The highest BCUT2D eigenvalue weighted by Crippen LogP contribution is 2.22. The first-order valence-corrected chi connectivity index (χ1v) is 12.4. The topological polar surface area (TPSA) is 39.1 Å². The van der Waals surface area contributed by atoms with Gasteiger partial charge in [0.2, 0.25) is 0 Å². The molecule has 3 nitrogen and oxygen atoms in total. The second-order valence-electron chi connectivity index (χ2n) is 9.35. The van der Waals surface area contributed by atoms with Gasteiger partial charge in [0.25, 0.3) is 5.56 Å². The minimum absolute atomic E-state index is 0.0107. The molecule has 1 heterocycles. The summed E-state index contributed by atoms with van der Waals surface area (Å²) in [4.78, 5) is 26.4. The van der Waals surface area contributed by atoms with E-state index in [1.807, 2.05) is 36.4 Å². The number of aromatic nitrogens is 1. The maximum atomic E-state index is 13.3. The Hall–Kier alpha value is -3.28. The third kappa shape index (κ3) is 6.05. The van der Waals surface area contributed by atoms with E-state index in [9.17, 15) is 14.0 Å². The van der Waals surface area contributed by atoms with Gasteiger partial charge in [0.05, 0.1) is 11.1 Å². The van der Waals surface area contributed by atoms with Crippen molar-refractivity contribution in [3.05, 3.63) is 125 Å². The first kappa shape index (κ1) is 24.8. The van der Waals surface area contributed by atoms with Gasteiger partial charge in [0.15, 0.2) is 5.78 Å². The summed E-state index contributed by atoms with van der Waals surface area (Å²) in [5.74, 6) is -0.518. The van der Waals surface area contributed by atoms with Gasteiger partial charge in [-0.1, -0.05) is 80.9 Å². The molecule has 6 heteroatoms. The van der Waals surface area contributed by atoms with Crippen molar-refractivity contribution in [3.63, 3.8) is 0 Å². The normalized spacial score (nSPS) is 12.8. The zero-order valence-corrected chi connectivity index (χ0v) is 21.3. The largest absolute Gasteiger partial charge is 0.294 e. The SMILES string of the molecule is CC(C)(C)c1ccc(C(=O)/C=c2\s/c(=C/c3ccc(F)cc3)c(=O)n2Cc2ccc(Cl)cc2)cc1. The van der Waals surface area contributed by atoms with E-state index in [4.69, 9.17) is 11.6 Å². The Bertz CT molecular complexity index is 1530. The molecule has 0 bridgehead atoms. The van der Waals surface area contributed by atoms with Gasteiger partial charge in [-0.15, -0.1) is 11.3 Å². The fourth-order valence-electron chi connectivity index (χ4n) is 3.61. The molecule has 0 unspecified atom stereocenters. The van der Waals surface area contributed by atoms with Crippen LogP contribution < -0.4 is 14.8 Å². The number of carbonyl (C=O) groups is 1. The molecule has 35 heavy (non-hydrogen) atoms. The van der Waals surface area contributed by atoms with Crippen molar-refractivity contribution >= 4 is 40.9 Å². The maximum absolute atomic E-state index is 13.3. The lowest BCUT2D eigenvalue weighted by atomic mass is 9.86. The Morgan fingerprint density at radius 2 is 1.60 bits per heavy atom. The van der Waals surface area contributed by atoms with Gasteiger partial charge in [-0.25, -0.2) is 4.39 Å². The molecule has 0 spiro atoms. The van der Waals surface area contributed by atoms with Gasteiger partial charge in [0.1, 0.15) is 10.5 Å². The van der Waals surface area contributed by atoms with E-state index in [1.165, 1.54) is 29.5 Å². The zero-order chi connectivity index (χ0) is 25.2. The van der Waals surface area contributed by atoms with Crippen LogP contribution in [0.1, 0.15) is 47.8 Å². The summed E-state index contributed by atoms with van der Waals surface area (Å²) in [7, 11) is 0. The zero-order valence-electron chi connectivity index (χ0n) is 19.7. The summed E-state index contributed by atoms with van der Waals surface area (Å²) in [5, 5.41) is 0.609. The van der Waals surface area contributed by atoms with Gasteiger partial charge in [0, 0.05) is 16.7 Å². The molecule has 0 saturated carbocycles. The van der Waals surface area contributed by atoms with Crippen LogP contribution in [0.15, 0.2) is 77.6 Å². The van der Waals surface area contributed by atoms with E-state index in [0.29, 0.717) is 31.9 Å². The van der Waals surface area contributed by atoms with Crippen LogP contribution in [-0.2, 0) is 12.0 Å². The van der Waals surface area contributed by atoms with Crippen molar-refractivity contribution in [2.24, 2.45) is 0 Å². The predicted octanol–water partition coefficient (Wildman–Crippen LogP) is 5.54. The van der Waals surface area contributed by atoms with Crippen molar-refractivity contribution in [2.75, 3.05) is 0 Å². The number of rotatable bonds is 5. The highest BCUT2D eigenvalue weighted by atomic mass is 35.5. The van der Waals surface area contributed by atoms with Crippen molar-refractivity contribution < 1.29 is 9.18 Å². The fraction of sp³-hybridized carbons (Fsp3) is 0.172. The number of hydrogen-bond acceptors (Lipinski definition) is 3. The minimum atomic E-state index is -0.342. The number of thiazole rings is 1. The molecule has 1 aromatic heterocycles. The highest BCUT2D eigenvalue weighted by molar-refractivity contribution is 7.07. The average molecular weight is 506 g/mol. The number of halogens is 2. The number of nitrogens with zero attached hydrogens (tertiary/aromatic N) is 1. The van der Waals surface area contributed by atoms with Crippen molar-refractivity contribution in [1.82, 2.24) is 4.57 Å². The molecule has 0 N–H and O–H groups in total. The number of Topliss-reactive ketones (excluding diaryl/α,β-unsaturated/α-hetero) is 1. The van der Waals surface area contributed by atoms with Crippen LogP contribution in [0.5, 0.6) is 0 Å². The maximum Gasteiger partial charge on any atom is 0.269 e. The van der Waals surface area contributed by atoms with Crippen LogP contribution in [0.4, 0.5) is 4.39 Å². The molecule has 178 valence electrons. The number of hydrogen-bond donors (Lipinski definition) is 0. The Morgan fingerprint density at radius 3 is 2.20 bits per heavy atom. The Kier molecular flexibility index (Phi) is 7.20. The molecule has 0 aliphatic carbocycles. The van der Waals surface area contributed by atoms with E-state index < -0.39 is 0 Å². The summed E-state index contributed by atoms with van der Waals surface area (Å²) in [6, 6.07) is 20.7. The van der Waals surface area contributed by atoms with E-state index in [1.54, 1.807) is 34.9 Å². The van der Waals surface area contributed by atoms with E-state index in [2.05, 4.69) is 20.8 Å². The molecule has 4 rings (SSSR count). The predicted molar refractivity (Wildman–Crippen MR) is 142 cm³/mol. The third-order valence-corrected chi connectivity index (χ3v) is 6.96. The molecule has 0 amide bonds. The van der Waals surface area contributed by atoms with E-state index >= 15 is 0 Å². The molecule has 0 fully saturated rings. The lowest BCUT2D eigenvalue weighted by Gasteiger charge is -2.18. The standard InChI is InChI=1S/C29H25ClFNO2S/c1-29(2,3)22-10-8-21(9-11-22)25(33)17-27-32(18-20-4-12-23(30)13-5-20)28(34)26(35-27)16-19-6-14-24(31)15-7-19/h4-17H,18H2,1-3H3/b26-16+,27-17-. The second-order valence-corrected chi connectivity index (χ2v) is 10.9. The smallest absolute Gasteiger partial charge is 0.269 e. The van der Waals surface area contributed by atoms with Crippen LogP contribution in [0.2, 0.25) is 5.02 Å². The Morgan fingerprint density at radius 1 is 0.971 bits per heavy atom. The highest BCUT2D eigenvalue weighted by Gasteiger charge is 2.14. The molecule has 0 atom stereocenters. The van der Waals surface area contributed by atoms with Crippen LogP contribution in [0.25, 0.3) is 12.2 Å². The lowest BCUT2D eigenvalue weighted by Crippen LogP contribution is -2.32. The van der Waals surface area contributed by atoms with Crippen molar-refractivity contribution in [2.45, 2.75) is 32.7 Å². The van der Waals surface area contributed by atoms with Crippen LogP contribution in [-0.4, -0.2) is 10.4 Å². The summed E-state index contributed by atoms with van der Waals surface area (Å²) >= 11 is 7.25. The number of carbonyl (C=O) groups excluding carboxylic acids is 1. The third-order valence-electron chi connectivity index (χ3n) is 5.65. The summed E-state index contributed by atoms with van der Waals surface area (Å²) in [6.07, 6.45) is 3.22. The van der Waals surface area contributed by atoms with Gasteiger partial charge < -0.3 is 0 Å². The summed E-state index contributed by atoms with van der Waals surface area (Å²) in [5.41, 5.74) is 3.07. The molecule has 0 radical (unpaired) electrons. The van der Waals surface area contributed by atoms with Crippen molar-refractivity contribution in [3.8, 4) is 0 Å². The molecule has 4 aromatic rings. The first-order chi connectivity index (χ1) is 16.6. The van der Waals surface area contributed by atoms with Crippen molar-refractivity contribution in [1.29, 1.82) is 0 Å². The molecule has 0 aliphatic rings. The minimum Gasteiger partial charge on any atom is -0.294 e. The van der Waals surface area contributed by atoms with Crippen LogP contribution >= 0.6 is 22.9 Å². The quantitative estimate of drug-likeness (QED) is 0.334.